The summed E-state index contributed by atoms with van der Waals surface area (Å²) >= 11 is 6.51. The Bertz CT molecular complexity index is 2680. The van der Waals surface area contributed by atoms with Gasteiger partial charge in [0.2, 0.25) is 0 Å². The summed E-state index contributed by atoms with van der Waals surface area (Å²) < 4.78 is 16.6. The molecule has 2 aliphatic heterocycles. The first-order valence-electron chi connectivity index (χ1n) is 18.9. The van der Waals surface area contributed by atoms with E-state index in [1.54, 1.807) is 44.3 Å². The van der Waals surface area contributed by atoms with Gasteiger partial charge in [0, 0.05) is 97.0 Å². The molecule has 15 nitrogen and oxygen atoms in total. The second kappa shape index (κ2) is 16.5. The number of pyridine rings is 6. The van der Waals surface area contributed by atoms with Gasteiger partial charge in [-0.25, -0.2) is 15.0 Å². The summed E-state index contributed by atoms with van der Waals surface area (Å²) in [6, 6.07) is 15.9. The SMILES string of the molecule is COc1ccncc1-c1cc(N2CCOCC2)nc2c(-c3ccn[nH]3)nccc12.Cc1cnc(Cl)c(-c2cc(N3CCOCC3)nc3c(-c4ccn[nH]4)nccc23)c1. The number of H-pyrrole nitrogens is 2. The van der Waals surface area contributed by atoms with Gasteiger partial charge in [0.05, 0.1) is 44.9 Å². The number of halogens is 1. The average molecular weight is 795 g/mol. The van der Waals surface area contributed by atoms with E-state index in [-0.39, 0.29) is 0 Å². The number of aromatic amines is 2. The molecule has 0 atom stereocenters. The monoisotopic (exact) mass is 794 g/mol. The lowest BCUT2D eigenvalue weighted by atomic mass is 10.0. The molecule has 292 valence electrons. The lowest BCUT2D eigenvalue weighted by Gasteiger charge is -2.28. The van der Waals surface area contributed by atoms with Crippen LogP contribution < -0.4 is 14.5 Å². The minimum absolute atomic E-state index is 0.468. The minimum atomic E-state index is 0.468. The highest BCUT2D eigenvalue weighted by Gasteiger charge is 2.22. The van der Waals surface area contributed by atoms with Crippen molar-refractivity contribution in [3.8, 4) is 50.8 Å². The molecular weight excluding hydrogens is 756 g/mol. The fraction of sp³-hybridized carbons (Fsp3) is 0.238. The van der Waals surface area contributed by atoms with Gasteiger partial charge in [-0.05, 0) is 66.6 Å². The number of nitrogens with zero attached hydrogens (tertiary/aromatic N) is 10. The first-order valence-corrected chi connectivity index (χ1v) is 19.3. The van der Waals surface area contributed by atoms with E-state index in [2.05, 4.69) is 68.3 Å². The first-order chi connectivity index (χ1) is 28.6. The zero-order chi connectivity index (χ0) is 39.4. The number of hydrogen-bond donors (Lipinski definition) is 2. The molecule has 0 spiro atoms. The molecule has 0 bridgehead atoms. The molecule has 0 aromatic carbocycles. The maximum absolute atomic E-state index is 6.51. The average Bonchev–Trinajstić information content (AvgIpc) is 4.03. The molecule has 0 unspecified atom stereocenters. The molecule has 0 saturated carbocycles. The number of methoxy groups -OCH3 is 1. The van der Waals surface area contributed by atoms with Crippen molar-refractivity contribution in [2.45, 2.75) is 6.92 Å². The summed E-state index contributed by atoms with van der Waals surface area (Å²) in [5, 5.41) is 16.6. The maximum Gasteiger partial charge on any atom is 0.136 e. The molecule has 0 radical (unpaired) electrons. The number of anilines is 2. The molecule has 58 heavy (non-hydrogen) atoms. The molecule has 16 heteroatoms. The van der Waals surface area contributed by atoms with Gasteiger partial charge in [-0.2, -0.15) is 10.2 Å². The highest BCUT2D eigenvalue weighted by atomic mass is 35.5. The number of hydrogen-bond acceptors (Lipinski definition) is 13. The van der Waals surface area contributed by atoms with E-state index in [4.69, 9.17) is 35.8 Å². The second-order valence-corrected chi connectivity index (χ2v) is 14.1. The molecular formula is C42H39ClN12O3. The van der Waals surface area contributed by atoms with Crippen LogP contribution in [0.1, 0.15) is 5.56 Å². The van der Waals surface area contributed by atoms with Gasteiger partial charge in [-0.15, -0.1) is 0 Å². The van der Waals surface area contributed by atoms with Crippen LogP contribution in [-0.2, 0) is 9.47 Å². The van der Waals surface area contributed by atoms with Crippen molar-refractivity contribution < 1.29 is 14.2 Å². The van der Waals surface area contributed by atoms with Gasteiger partial charge in [0.15, 0.2) is 0 Å². The van der Waals surface area contributed by atoms with Gasteiger partial charge in [-0.1, -0.05) is 11.6 Å². The van der Waals surface area contributed by atoms with Crippen molar-refractivity contribution in [1.82, 2.24) is 50.3 Å². The van der Waals surface area contributed by atoms with Crippen molar-refractivity contribution in [3.63, 3.8) is 0 Å². The molecule has 10 rings (SSSR count). The van der Waals surface area contributed by atoms with Crippen molar-refractivity contribution in [2.75, 3.05) is 69.5 Å². The van der Waals surface area contributed by atoms with Crippen LogP contribution >= 0.6 is 11.6 Å². The van der Waals surface area contributed by atoms with E-state index in [1.807, 2.05) is 43.5 Å². The zero-order valence-corrected chi connectivity index (χ0v) is 32.6. The van der Waals surface area contributed by atoms with Crippen LogP contribution in [0.25, 0.3) is 66.8 Å². The Balaban J connectivity index is 0.000000150. The summed E-state index contributed by atoms with van der Waals surface area (Å²) in [5.41, 5.74) is 9.61. The molecule has 2 saturated heterocycles. The summed E-state index contributed by atoms with van der Waals surface area (Å²) in [6.07, 6.45) is 12.3. The number of aryl methyl sites for hydroxylation is 1. The minimum Gasteiger partial charge on any atom is -0.496 e. The standard InChI is InChI=1S/C21H19ClN6O.C21H20N6O2/c1-13-10-16(21(22)24-12-13)15-11-18(28-6-8-29-9-7-28)26-19-14(15)2-4-23-20(19)17-3-5-25-27-17;1-28-18-4-5-22-13-16(18)15-12-19(27-8-10-29-11-9-27)25-20-14(15)2-6-23-21(20)17-3-7-24-26-17/h2-5,10-12H,6-9H2,1H3,(H,25,27);2-7,12-13H,8-11H2,1H3,(H,24,26). The number of fused-ring (bicyclic) bond motifs is 2. The van der Waals surface area contributed by atoms with Crippen LogP contribution in [0.2, 0.25) is 5.15 Å². The summed E-state index contributed by atoms with van der Waals surface area (Å²) in [6.45, 7) is 7.91. The van der Waals surface area contributed by atoms with E-state index in [9.17, 15) is 0 Å². The lowest BCUT2D eigenvalue weighted by molar-refractivity contribution is 0.122. The van der Waals surface area contributed by atoms with Crippen molar-refractivity contribution in [1.29, 1.82) is 0 Å². The predicted molar refractivity (Wildman–Crippen MR) is 223 cm³/mol. The van der Waals surface area contributed by atoms with Gasteiger partial charge in [0.1, 0.15) is 45.0 Å². The molecule has 0 aliphatic carbocycles. The van der Waals surface area contributed by atoms with E-state index < -0.39 is 0 Å². The number of aromatic nitrogens is 10. The van der Waals surface area contributed by atoms with Crippen LogP contribution in [0.3, 0.4) is 0 Å². The van der Waals surface area contributed by atoms with Gasteiger partial charge < -0.3 is 24.0 Å². The van der Waals surface area contributed by atoms with Gasteiger partial charge in [0.25, 0.3) is 0 Å². The molecule has 2 aliphatic rings. The van der Waals surface area contributed by atoms with Crippen LogP contribution in [0.4, 0.5) is 11.6 Å². The lowest BCUT2D eigenvalue weighted by Crippen LogP contribution is -2.36. The quantitative estimate of drug-likeness (QED) is 0.162. The smallest absolute Gasteiger partial charge is 0.136 e. The Morgan fingerprint density at radius 1 is 0.621 bits per heavy atom. The van der Waals surface area contributed by atoms with Gasteiger partial charge in [-0.3, -0.25) is 25.1 Å². The molecule has 0 amide bonds. The van der Waals surface area contributed by atoms with Crippen LogP contribution in [0.15, 0.2) is 91.9 Å². The van der Waals surface area contributed by atoms with Crippen LogP contribution in [-0.4, -0.2) is 110 Å². The van der Waals surface area contributed by atoms with Crippen molar-refractivity contribution in [2.24, 2.45) is 0 Å². The van der Waals surface area contributed by atoms with Crippen LogP contribution in [0, 0.1) is 6.92 Å². The van der Waals surface area contributed by atoms with Gasteiger partial charge >= 0.3 is 0 Å². The third-order valence-corrected chi connectivity index (χ3v) is 10.5. The highest BCUT2D eigenvalue weighted by Crippen LogP contribution is 2.39. The Hall–Kier alpha value is -6.55. The summed E-state index contributed by atoms with van der Waals surface area (Å²) in [4.78, 5) is 32.3. The molecule has 8 aromatic rings. The fourth-order valence-electron chi connectivity index (χ4n) is 7.30. The number of ether oxygens (including phenoxy) is 3. The zero-order valence-electron chi connectivity index (χ0n) is 31.9. The van der Waals surface area contributed by atoms with E-state index in [0.717, 1.165) is 116 Å². The first kappa shape index (κ1) is 37.1. The Morgan fingerprint density at radius 3 is 1.69 bits per heavy atom. The van der Waals surface area contributed by atoms with E-state index >= 15 is 0 Å². The molecule has 8 aromatic heterocycles. The fourth-order valence-corrected chi connectivity index (χ4v) is 7.51. The largest absolute Gasteiger partial charge is 0.496 e. The number of nitrogens with one attached hydrogen (secondary N) is 2. The summed E-state index contributed by atoms with van der Waals surface area (Å²) in [7, 11) is 1.67. The Morgan fingerprint density at radius 2 is 1.17 bits per heavy atom. The van der Waals surface area contributed by atoms with Crippen molar-refractivity contribution >= 4 is 45.0 Å². The van der Waals surface area contributed by atoms with E-state index in [0.29, 0.717) is 31.6 Å². The number of morpholine rings is 2. The van der Waals surface area contributed by atoms with Crippen molar-refractivity contribution in [3.05, 3.63) is 103 Å². The van der Waals surface area contributed by atoms with E-state index in [1.165, 1.54) is 0 Å². The normalized spacial score (nSPS) is 14.4. The molecule has 2 N–H and O–H groups in total. The Labute approximate surface area is 338 Å². The second-order valence-electron chi connectivity index (χ2n) is 13.7. The summed E-state index contributed by atoms with van der Waals surface area (Å²) in [5.74, 6) is 2.53. The van der Waals surface area contributed by atoms with Crippen LogP contribution in [0.5, 0.6) is 5.75 Å². The third kappa shape index (κ3) is 7.38. The maximum atomic E-state index is 6.51. The Kier molecular flexibility index (Phi) is 10.5. The molecule has 2 fully saturated rings. The predicted octanol–water partition coefficient (Wildman–Crippen LogP) is 6.81. The third-order valence-electron chi connectivity index (χ3n) is 10.2. The molecule has 10 heterocycles. The number of rotatable bonds is 7. The topological polar surface area (TPSA) is 169 Å². The highest BCUT2D eigenvalue weighted by molar-refractivity contribution is 6.32.